The molecular weight excluding hydrogens is 496 g/mol. The highest BCUT2D eigenvalue weighted by Crippen LogP contribution is 2.35. The number of carboxylic acids is 1. The maximum absolute atomic E-state index is 13.9. The molecular formula is C30H32N4O5. The summed E-state index contributed by atoms with van der Waals surface area (Å²) in [6.45, 7) is 3.30. The van der Waals surface area contributed by atoms with E-state index in [0.29, 0.717) is 49.0 Å². The smallest absolute Gasteiger partial charge is 0.341 e. The number of anilines is 1. The first-order chi connectivity index (χ1) is 19.0. The molecule has 1 aliphatic carbocycles. The number of carboxylic acid groups (broad SMARTS) is 1. The third-order valence-electron chi connectivity index (χ3n) is 8.02. The van der Waals surface area contributed by atoms with E-state index >= 15 is 0 Å². The van der Waals surface area contributed by atoms with E-state index in [1.54, 1.807) is 15.8 Å². The topological polar surface area (TPSA) is 111 Å². The fourth-order valence-corrected chi connectivity index (χ4v) is 5.72. The van der Waals surface area contributed by atoms with Gasteiger partial charge in [-0.15, -0.1) is 5.10 Å². The fraction of sp³-hybridized carbons (Fsp3) is 0.400. The Bertz CT molecular complexity index is 1440. The fourth-order valence-electron chi connectivity index (χ4n) is 5.72. The molecule has 3 aromatic heterocycles. The van der Waals surface area contributed by atoms with Crippen LogP contribution in [0.3, 0.4) is 0 Å². The van der Waals surface area contributed by atoms with Crippen LogP contribution in [0.4, 0.5) is 5.82 Å². The normalized spacial score (nSPS) is 20.2. The lowest BCUT2D eigenvalue weighted by atomic mass is 9.82. The molecule has 1 amide bonds. The van der Waals surface area contributed by atoms with Crippen molar-refractivity contribution in [1.82, 2.24) is 14.8 Å². The first-order valence-electron chi connectivity index (χ1n) is 13.7. The van der Waals surface area contributed by atoms with Crippen LogP contribution in [0.25, 0.3) is 28.1 Å². The Morgan fingerprint density at radius 2 is 1.77 bits per heavy atom. The SMILES string of the molecule is CC1CCC(C(=O)N(c2nn(-c3ccc(-c4cc5ncccc5o4)cc3)cc2C(=O)O)C2CCOCC2)CC1. The molecule has 9 nitrogen and oxygen atoms in total. The van der Waals surface area contributed by atoms with Gasteiger partial charge in [-0.25, -0.2) is 9.48 Å². The van der Waals surface area contributed by atoms with E-state index in [2.05, 4.69) is 11.9 Å². The average molecular weight is 529 g/mol. The number of hydrogen-bond acceptors (Lipinski definition) is 6. The van der Waals surface area contributed by atoms with Crippen molar-refractivity contribution in [2.75, 3.05) is 18.1 Å². The van der Waals surface area contributed by atoms with Crippen LogP contribution in [-0.2, 0) is 9.53 Å². The zero-order valence-corrected chi connectivity index (χ0v) is 22.0. The second kappa shape index (κ2) is 10.6. The maximum atomic E-state index is 13.9. The Labute approximate surface area is 226 Å². The number of benzene rings is 1. The van der Waals surface area contributed by atoms with Crippen LogP contribution in [0, 0.1) is 11.8 Å². The number of furan rings is 1. The van der Waals surface area contributed by atoms with Gasteiger partial charge >= 0.3 is 5.97 Å². The summed E-state index contributed by atoms with van der Waals surface area (Å²) < 4.78 is 13.0. The molecule has 1 aromatic carbocycles. The molecule has 9 heteroatoms. The standard InChI is InChI=1S/C30H32N4O5/c1-19-4-6-21(7-5-19)29(35)34(23-12-15-38-16-13-23)28-24(30(36)37)18-33(32-28)22-10-8-20(9-11-22)27-17-25-26(39-27)3-2-14-31-25/h2-3,8-11,14,17-19,21,23H,4-7,12-13,15-16H2,1H3,(H,36,37). The second-order valence-electron chi connectivity index (χ2n) is 10.7. The maximum Gasteiger partial charge on any atom is 0.341 e. The number of pyridine rings is 1. The molecule has 202 valence electrons. The van der Waals surface area contributed by atoms with Crippen molar-refractivity contribution in [2.45, 2.75) is 51.5 Å². The zero-order chi connectivity index (χ0) is 26.9. The van der Waals surface area contributed by atoms with Crippen molar-refractivity contribution >= 4 is 28.8 Å². The number of aromatic carboxylic acids is 1. The highest BCUT2D eigenvalue weighted by Gasteiger charge is 2.37. The van der Waals surface area contributed by atoms with Gasteiger partial charge in [0, 0.05) is 49.2 Å². The molecule has 39 heavy (non-hydrogen) atoms. The van der Waals surface area contributed by atoms with Crippen molar-refractivity contribution in [1.29, 1.82) is 0 Å². The molecule has 1 aliphatic heterocycles. The van der Waals surface area contributed by atoms with E-state index in [0.717, 1.165) is 36.8 Å². The number of aromatic nitrogens is 3. The van der Waals surface area contributed by atoms with Crippen molar-refractivity contribution in [2.24, 2.45) is 11.8 Å². The minimum atomic E-state index is -1.11. The second-order valence-corrected chi connectivity index (χ2v) is 10.7. The van der Waals surface area contributed by atoms with Crippen LogP contribution in [0.5, 0.6) is 0 Å². The summed E-state index contributed by atoms with van der Waals surface area (Å²) in [4.78, 5) is 32.3. The van der Waals surface area contributed by atoms with Crippen molar-refractivity contribution in [3.05, 3.63) is 60.4 Å². The van der Waals surface area contributed by atoms with Crippen LogP contribution >= 0.6 is 0 Å². The Balaban J connectivity index is 1.34. The van der Waals surface area contributed by atoms with Gasteiger partial charge in [-0.3, -0.25) is 14.7 Å². The third kappa shape index (κ3) is 5.06. The minimum Gasteiger partial charge on any atom is -0.477 e. The first-order valence-corrected chi connectivity index (χ1v) is 13.7. The Kier molecular flexibility index (Phi) is 6.91. The summed E-state index contributed by atoms with van der Waals surface area (Å²) in [5, 5.41) is 14.8. The predicted molar refractivity (Wildman–Crippen MR) is 146 cm³/mol. The van der Waals surface area contributed by atoms with E-state index in [9.17, 15) is 14.7 Å². The Hall–Kier alpha value is -3.98. The number of carbonyl (C=O) groups is 2. The van der Waals surface area contributed by atoms with Gasteiger partial charge in [-0.2, -0.15) is 0 Å². The van der Waals surface area contributed by atoms with Crippen LogP contribution in [0.2, 0.25) is 0 Å². The predicted octanol–water partition coefficient (Wildman–Crippen LogP) is 5.72. The number of ether oxygens (including phenoxy) is 1. The highest BCUT2D eigenvalue weighted by atomic mass is 16.5. The molecule has 1 saturated heterocycles. The molecule has 1 saturated carbocycles. The summed E-state index contributed by atoms with van der Waals surface area (Å²) in [5.41, 5.74) is 3.07. The van der Waals surface area contributed by atoms with Gasteiger partial charge in [-0.05, 0) is 80.8 Å². The molecule has 4 heterocycles. The zero-order valence-electron chi connectivity index (χ0n) is 22.0. The monoisotopic (exact) mass is 528 g/mol. The van der Waals surface area contributed by atoms with Crippen molar-refractivity contribution in [3.8, 4) is 17.0 Å². The highest BCUT2D eigenvalue weighted by molar-refractivity contribution is 6.02. The third-order valence-corrected chi connectivity index (χ3v) is 8.02. The van der Waals surface area contributed by atoms with Gasteiger partial charge in [0.25, 0.3) is 0 Å². The molecule has 6 rings (SSSR count). The molecule has 1 N–H and O–H groups in total. The van der Waals surface area contributed by atoms with Crippen LogP contribution in [0.1, 0.15) is 55.8 Å². The number of carbonyl (C=O) groups excluding carboxylic acids is 1. The molecule has 4 aromatic rings. The summed E-state index contributed by atoms with van der Waals surface area (Å²) in [7, 11) is 0. The van der Waals surface area contributed by atoms with E-state index in [4.69, 9.17) is 14.3 Å². The first kappa shape index (κ1) is 25.3. The summed E-state index contributed by atoms with van der Waals surface area (Å²) in [5.74, 6) is 0.276. The largest absolute Gasteiger partial charge is 0.477 e. The van der Waals surface area contributed by atoms with Gasteiger partial charge < -0.3 is 14.3 Å². The molecule has 2 fully saturated rings. The van der Waals surface area contributed by atoms with Crippen LogP contribution in [-0.4, -0.2) is 51.0 Å². The summed E-state index contributed by atoms with van der Waals surface area (Å²) in [6.07, 6.45) is 8.19. The van der Waals surface area contributed by atoms with Gasteiger partial charge in [0.15, 0.2) is 11.4 Å². The molecule has 0 bridgehead atoms. The van der Waals surface area contributed by atoms with E-state index in [-0.39, 0.29) is 29.2 Å². The number of rotatable bonds is 6. The Morgan fingerprint density at radius 3 is 2.46 bits per heavy atom. The molecule has 0 unspecified atom stereocenters. The molecule has 0 spiro atoms. The quantitative estimate of drug-likeness (QED) is 0.341. The van der Waals surface area contributed by atoms with Crippen LogP contribution < -0.4 is 4.90 Å². The van der Waals surface area contributed by atoms with Crippen LogP contribution in [0.15, 0.2) is 59.3 Å². The molecule has 0 radical (unpaired) electrons. The summed E-state index contributed by atoms with van der Waals surface area (Å²) >= 11 is 0. The Morgan fingerprint density at radius 1 is 1.03 bits per heavy atom. The number of fused-ring (bicyclic) bond motifs is 1. The average Bonchev–Trinajstić information content (AvgIpc) is 3.60. The minimum absolute atomic E-state index is 0.0182. The van der Waals surface area contributed by atoms with Gasteiger partial charge in [-0.1, -0.05) is 6.92 Å². The van der Waals surface area contributed by atoms with Gasteiger partial charge in [0.1, 0.15) is 16.8 Å². The lowest BCUT2D eigenvalue weighted by Crippen LogP contribution is -2.47. The summed E-state index contributed by atoms with van der Waals surface area (Å²) in [6, 6.07) is 13.0. The van der Waals surface area contributed by atoms with E-state index in [1.165, 1.54) is 6.20 Å². The number of hydrogen-bond donors (Lipinski definition) is 1. The number of amides is 1. The lowest BCUT2D eigenvalue weighted by Gasteiger charge is -2.37. The molecule has 0 atom stereocenters. The number of nitrogens with zero attached hydrogens (tertiary/aromatic N) is 4. The van der Waals surface area contributed by atoms with Crippen molar-refractivity contribution < 1.29 is 23.8 Å². The van der Waals surface area contributed by atoms with E-state index in [1.807, 2.05) is 42.5 Å². The molecule has 2 aliphatic rings. The van der Waals surface area contributed by atoms with Crippen molar-refractivity contribution in [3.63, 3.8) is 0 Å². The van der Waals surface area contributed by atoms with Gasteiger partial charge in [0.2, 0.25) is 5.91 Å². The lowest BCUT2D eigenvalue weighted by molar-refractivity contribution is -0.124. The van der Waals surface area contributed by atoms with Gasteiger partial charge in [0.05, 0.1) is 5.69 Å². The van der Waals surface area contributed by atoms with E-state index < -0.39 is 5.97 Å².